The van der Waals surface area contributed by atoms with Crippen molar-refractivity contribution in [1.82, 2.24) is 0 Å². The lowest BCUT2D eigenvalue weighted by Gasteiger charge is -2.27. The maximum atomic E-state index is 2.41. The van der Waals surface area contributed by atoms with E-state index < -0.39 is 32.3 Å². The summed E-state index contributed by atoms with van der Waals surface area (Å²) in [6.07, 6.45) is 4.42. The Morgan fingerprint density at radius 3 is 0.645 bits per heavy atom. The number of hydrogen-bond donors (Lipinski definition) is 0. The van der Waals surface area contributed by atoms with E-state index >= 15 is 0 Å². The van der Waals surface area contributed by atoms with Gasteiger partial charge in [-0.3, -0.25) is 0 Å². The van der Waals surface area contributed by atoms with Crippen LogP contribution in [0.3, 0.4) is 0 Å². The highest BCUT2D eigenvalue weighted by Crippen LogP contribution is 2.37. The van der Waals surface area contributed by atoms with Crippen LogP contribution in [-0.2, 0) is 0 Å². The number of hydrogen-bond acceptors (Lipinski definition) is 2. The number of nitrogens with zero attached hydrogens (tertiary/aromatic N) is 2. The van der Waals surface area contributed by atoms with Gasteiger partial charge < -0.3 is 9.80 Å². The van der Waals surface area contributed by atoms with E-state index in [0.717, 1.165) is 11.4 Å². The van der Waals surface area contributed by atoms with Crippen LogP contribution in [0.25, 0.3) is 23.3 Å². The van der Waals surface area contributed by atoms with Crippen LogP contribution in [0.15, 0.2) is 170 Å². The predicted molar refractivity (Wildman–Crippen MR) is 289 cm³/mol. The maximum Gasteiger partial charge on any atom is 0.0775 e. The first-order valence-corrected chi connectivity index (χ1v) is 36.3. The third-order valence-electron chi connectivity index (χ3n) is 12.0. The Morgan fingerprint density at radius 1 is 0.242 bits per heavy atom. The predicted octanol–water partition coefficient (Wildman–Crippen LogP) is 14.6. The van der Waals surface area contributed by atoms with Gasteiger partial charge in [0.05, 0.1) is 32.3 Å². The van der Waals surface area contributed by atoms with Gasteiger partial charge in [-0.05, 0) is 95.1 Å². The van der Waals surface area contributed by atoms with Crippen LogP contribution >= 0.6 is 0 Å². The molecule has 7 aromatic rings. The van der Waals surface area contributed by atoms with Crippen LogP contribution in [0, 0.1) is 0 Å². The van der Waals surface area contributed by atoms with Gasteiger partial charge in [0, 0.05) is 34.1 Å². The molecule has 0 saturated carbocycles. The zero-order valence-electron chi connectivity index (χ0n) is 39.2. The second kappa shape index (κ2) is 17.9. The first-order chi connectivity index (χ1) is 29.2. The average Bonchev–Trinajstić information content (AvgIpc) is 3.24. The molecule has 0 bridgehead atoms. The molecule has 0 atom stereocenters. The summed E-state index contributed by atoms with van der Waals surface area (Å²) in [6.45, 7) is 28.9. The van der Waals surface area contributed by atoms with E-state index in [4.69, 9.17) is 0 Å². The molecule has 0 fully saturated rings. The van der Waals surface area contributed by atoms with Crippen molar-refractivity contribution < 1.29 is 0 Å². The normalized spacial score (nSPS) is 12.5. The topological polar surface area (TPSA) is 6.48 Å². The molecule has 0 radical (unpaired) electrons. The number of anilines is 6. The molecule has 0 saturated heterocycles. The lowest BCUT2D eigenvalue weighted by atomic mass is 10.0. The van der Waals surface area contributed by atoms with Crippen molar-refractivity contribution in [3.8, 4) is 11.1 Å². The Morgan fingerprint density at radius 2 is 0.419 bits per heavy atom. The fourth-order valence-electron chi connectivity index (χ4n) is 7.85. The lowest BCUT2D eigenvalue weighted by molar-refractivity contribution is 1.28. The number of benzene rings is 7. The zero-order valence-corrected chi connectivity index (χ0v) is 43.2. The summed E-state index contributed by atoms with van der Waals surface area (Å²) in [7, 11) is -5.62. The van der Waals surface area contributed by atoms with Crippen LogP contribution in [0.1, 0.15) is 11.1 Å². The molecule has 0 N–H and O–H groups in total. The van der Waals surface area contributed by atoms with E-state index in [2.05, 4.69) is 270 Å². The maximum absolute atomic E-state index is 2.41. The quantitative estimate of drug-likeness (QED) is 0.0841. The first-order valence-electron chi connectivity index (χ1n) is 22.3. The van der Waals surface area contributed by atoms with Crippen molar-refractivity contribution in [3.05, 3.63) is 181 Å². The molecule has 6 heteroatoms. The van der Waals surface area contributed by atoms with Crippen molar-refractivity contribution in [2.24, 2.45) is 0 Å². The van der Waals surface area contributed by atoms with Gasteiger partial charge in [0.1, 0.15) is 0 Å². The summed E-state index contributed by atoms with van der Waals surface area (Å²) < 4.78 is 0. The first kappa shape index (κ1) is 44.8. The molecule has 7 rings (SSSR count). The SMILES string of the molecule is C[Si](C)(C)c1ccc(N(c2ccc(C=Cc3ccc(-c4ccc(N(c5ccc([Si](C)(C)C)cc5)c5ccc([Si](C)(C)C)cc5)cc4)cc3)cc2)c2ccc([Si](C)(C)C)cc2)cc1. The summed E-state index contributed by atoms with van der Waals surface area (Å²) in [4.78, 5) is 4.77. The molecule has 62 heavy (non-hydrogen) atoms. The van der Waals surface area contributed by atoms with Crippen LogP contribution in [0.5, 0.6) is 0 Å². The molecule has 0 aliphatic rings. The van der Waals surface area contributed by atoms with Gasteiger partial charge in [0.2, 0.25) is 0 Å². The summed E-state index contributed by atoms with van der Waals surface area (Å²) in [6, 6.07) is 63.9. The van der Waals surface area contributed by atoms with Crippen LogP contribution in [-0.4, -0.2) is 32.3 Å². The van der Waals surface area contributed by atoms with Crippen molar-refractivity contribution >= 4 is 99.3 Å². The largest absolute Gasteiger partial charge is 0.311 e. The second-order valence-corrected chi connectivity index (χ2v) is 41.3. The van der Waals surface area contributed by atoms with E-state index in [0.29, 0.717) is 0 Å². The van der Waals surface area contributed by atoms with E-state index in [1.54, 1.807) is 0 Å². The fourth-order valence-corrected chi connectivity index (χ4v) is 12.5. The molecule has 0 heterocycles. The van der Waals surface area contributed by atoms with Gasteiger partial charge in [-0.25, -0.2) is 0 Å². The molecule has 0 spiro atoms. The standard InChI is InChI=1S/C56H66N2Si4/c1-59(2,3)53-35-27-49(28-36-53)57(50-29-37-54(38-30-50)60(4,5)6)47-23-17-44(18-24-47)14-13-43-15-19-45(20-16-43)46-21-25-48(26-22-46)58(51-31-39-55(40-32-51)61(7,8)9)52-33-41-56(42-34-52)62(10,11)12/h13-42H,1-12H3. The van der Waals surface area contributed by atoms with Gasteiger partial charge in [-0.15, -0.1) is 0 Å². The highest BCUT2D eigenvalue weighted by Gasteiger charge is 2.22. The molecular formula is C56H66N2Si4. The van der Waals surface area contributed by atoms with Crippen LogP contribution < -0.4 is 30.5 Å². The van der Waals surface area contributed by atoms with E-state index in [1.165, 1.54) is 65.8 Å². The van der Waals surface area contributed by atoms with E-state index in [1.807, 2.05) is 0 Å². The average molecular weight is 880 g/mol. The van der Waals surface area contributed by atoms with Crippen molar-refractivity contribution in [2.45, 2.75) is 78.6 Å². The molecule has 0 aliphatic heterocycles. The summed E-state index contributed by atoms with van der Waals surface area (Å²) in [5.41, 5.74) is 11.8. The minimum Gasteiger partial charge on any atom is -0.311 e. The van der Waals surface area contributed by atoms with Gasteiger partial charge in [-0.1, -0.05) is 209 Å². The van der Waals surface area contributed by atoms with Gasteiger partial charge in [0.15, 0.2) is 0 Å². The van der Waals surface area contributed by atoms with Gasteiger partial charge in [-0.2, -0.15) is 0 Å². The molecule has 316 valence electrons. The summed E-state index contributed by atoms with van der Waals surface area (Å²) in [5.74, 6) is 0. The molecule has 7 aromatic carbocycles. The summed E-state index contributed by atoms with van der Waals surface area (Å²) in [5, 5.41) is 5.90. The molecule has 0 unspecified atom stereocenters. The monoisotopic (exact) mass is 878 g/mol. The highest BCUT2D eigenvalue weighted by molar-refractivity contribution is 6.90. The Bertz CT molecular complexity index is 2470. The van der Waals surface area contributed by atoms with Gasteiger partial charge in [0.25, 0.3) is 0 Å². The molecule has 0 aromatic heterocycles. The minimum atomic E-state index is -1.41. The van der Waals surface area contributed by atoms with Crippen molar-refractivity contribution in [1.29, 1.82) is 0 Å². The second-order valence-electron chi connectivity index (χ2n) is 21.0. The molecule has 2 nitrogen and oxygen atoms in total. The van der Waals surface area contributed by atoms with Gasteiger partial charge >= 0.3 is 0 Å². The lowest BCUT2D eigenvalue weighted by Crippen LogP contribution is -2.37. The van der Waals surface area contributed by atoms with Crippen LogP contribution in [0.4, 0.5) is 34.1 Å². The Hall–Kier alpha value is -5.25. The minimum absolute atomic E-state index is 1.15. The molecule has 0 amide bonds. The highest BCUT2D eigenvalue weighted by atomic mass is 28.3. The molecular weight excluding hydrogens is 813 g/mol. The Balaban J connectivity index is 1.09. The summed E-state index contributed by atoms with van der Waals surface area (Å²) >= 11 is 0. The van der Waals surface area contributed by atoms with Crippen LogP contribution in [0.2, 0.25) is 78.6 Å². The number of rotatable bonds is 13. The van der Waals surface area contributed by atoms with Crippen molar-refractivity contribution in [3.63, 3.8) is 0 Å². The van der Waals surface area contributed by atoms with E-state index in [-0.39, 0.29) is 0 Å². The smallest absolute Gasteiger partial charge is 0.0775 e. The fraction of sp³-hybridized carbons (Fsp3) is 0.214. The third-order valence-corrected chi connectivity index (χ3v) is 20.2. The van der Waals surface area contributed by atoms with E-state index in [9.17, 15) is 0 Å². The third kappa shape index (κ3) is 10.7. The molecule has 0 aliphatic carbocycles. The Kier molecular flexibility index (Phi) is 12.9. The van der Waals surface area contributed by atoms with Crippen molar-refractivity contribution in [2.75, 3.05) is 9.80 Å². The Labute approximate surface area is 377 Å². The zero-order chi connectivity index (χ0) is 44.5.